The first kappa shape index (κ1) is 29.7. The van der Waals surface area contributed by atoms with Crippen molar-refractivity contribution >= 4 is 16.9 Å². The summed E-state index contributed by atoms with van der Waals surface area (Å²) in [6.45, 7) is 11.2. The number of nitrogens with zero attached hydrogens (tertiary/aromatic N) is 3. The fourth-order valence-electron chi connectivity index (χ4n) is 6.61. The second kappa shape index (κ2) is 10.7. The fourth-order valence-corrected chi connectivity index (χ4v) is 6.61. The Morgan fingerprint density at radius 1 is 1.02 bits per heavy atom. The van der Waals surface area contributed by atoms with Crippen LogP contribution in [-0.4, -0.2) is 30.7 Å². The number of benzene rings is 3. The first-order chi connectivity index (χ1) is 20.9. The van der Waals surface area contributed by atoms with Crippen LogP contribution in [0.15, 0.2) is 60.8 Å². The van der Waals surface area contributed by atoms with E-state index in [4.69, 9.17) is 5.10 Å². The minimum absolute atomic E-state index is 0.194. The molecule has 9 heteroatoms. The number of H-pyrrole nitrogens is 1. The highest BCUT2D eigenvalue weighted by Gasteiger charge is 2.43. The summed E-state index contributed by atoms with van der Waals surface area (Å²) in [5.74, 6) is -1.01. The van der Waals surface area contributed by atoms with E-state index < -0.39 is 23.2 Å². The molecule has 0 atom stereocenters. The molecule has 2 N–H and O–H groups in total. The normalized spacial score (nSPS) is 14.8. The van der Waals surface area contributed by atoms with Gasteiger partial charge in [0, 0.05) is 35.8 Å². The third-order valence-electron chi connectivity index (χ3n) is 9.12. The molecule has 6 rings (SSSR count). The minimum atomic E-state index is -4.39. The molecule has 0 saturated heterocycles. The first-order valence-corrected chi connectivity index (χ1v) is 14.9. The Morgan fingerprint density at radius 3 is 2.34 bits per heavy atom. The number of rotatable bonds is 7. The maximum Gasteiger partial charge on any atom is 0.416 e. The predicted octanol–water partition coefficient (Wildman–Crippen LogP) is 8.42. The van der Waals surface area contributed by atoms with E-state index in [0.717, 1.165) is 69.2 Å². The zero-order valence-corrected chi connectivity index (χ0v) is 25.4. The van der Waals surface area contributed by atoms with Gasteiger partial charge in [-0.1, -0.05) is 44.2 Å². The molecule has 2 aromatic heterocycles. The molecule has 0 aliphatic carbocycles. The van der Waals surface area contributed by atoms with Gasteiger partial charge in [-0.15, -0.1) is 0 Å². The SMILES string of the molecule is CCc1cccc(CC)c1-n1nc2c(c1-c1ccc(C(=O)O)c3[nH]ccc13)CN(Cc1ccc(C(F)(F)F)cc1C)C2(C)C. The van der Waals surface area contributed by atoms with Gasteiger partial charge in [-0.05, 0) is 80.1 Å². The highest BCUT2D eigenvalue weighted by Crippen LogP contribution is 2.46. The van der Waals surface area contributed by atoms with Crippen molar-refractivity contribution in [1.82, 2.24) is 19.7 Å². The molecule has 0 bridgehead atoms. The summed E-state index contributed by atoms with van der Waals surface area (Å²) in [6.07, 6.45) is -1.01. The number of aromatic nitrogens is 3. The van der Waals surface area contributed by atoms with Crippen LogP contribution in [0.4, 0.5) is 13.2 Å². The lowest BCUT2D eigenvalue weighted by Crippen LogP contribution is -2.36. The highest BCUT2D eigenvalue weighted by atomic mass is 19.4. The Morgan fingerprint density at radius 2 is 1.73 bits per heavy atom. The number of hydrogen-bond acceptors (Lipinski definition) is 3. The maximum absolute atomic E-state index is 13.4. The molecule has 0 unspecified atom stereocenters. The third kappa shape index (κ3) is 4.70. The molecule has 0 saturated carbocycles. The van der Waals surface area contributed by atoms with Crippen LogP contribution >= 0.6 is 0 Å². The van der Waals surface area contributed by atoms with E-state index in [-0.39, 0.29) is 5.56 Å². The monoisotopic (exact) mass is 600 g/mol. The number of aromatic carboxylic acids is 1. The molecular weight excluding hydrogens is 565 g/mol. The van der Waals surface area contributed by atoms with E-state index in [1.54, 1.807) is 25.3 Å². The van der Waals surface area contributed by atoms with Gasteiger partial charge >= 0.3 is 12.1 Å². The average Bonchev–Trinajstić information content (AvgIpc) is 3.67. The van der Waals surface area contributed by atoms with E-state index in [0.29, 0.717) is 24.2 Å². The maximum atomic E-state index is 13.4. The largest absolute Gasteiger partial charge is 0.478 e. The number of nitrogens with one attached hydrogen (secondary N) is 1. The predicted molar refractivity (Wildman–Crippen MR) is 165 cm³/mol. The number of hydrogen-bond donors (Lipinski definition) is 2. The number of alkyl halides is 3. The van der Waals surface area contributed by atoms with E-state index in [1.165, 1.54) is 6.07 Å². The summed E-state index contributed by atoms with van der Waals surface area (Å²) in [6, 6.07) is 15.6. The Hall–Kier alpha value is -4.37. The lowest BCUT2D eigenvalue weighted by atomic mass is 9.96. The number of aryl methyl sites for hydroxylation is 3. The Bertz CT molecular complexity index is 1890. The zero-order chi connectivity index (χ0) is 31.6. The molecule has 1 aliphatic heterocycles. The van der Waals surface area contributed by atoms with Crippen LogP contribution in [0.3, 0.4) is 0 Å². The minimum Gasteiger partial charge on any atom is -0.478 e. The van der Waals surface area contributed by atoms with E-state index in [1.807, 2.05) is 16.8 Å². The summed E-state index contributed by atoms with van der Waals surface area (Å²) in [7, 11) is 0. The van der Waals surface area contributed by atoms with Crippen LogP contribution in [0.1, 0.15) is 77.1 Å². The molecule has 1 aliphatic rings. The topological polar surface area (TPSA) is 74.1 Å². The Kier molecular flexibility index (Phi) is 7.19. The van der Waals surface area contributed by atoms with Crippen molar-refractivity contribution in [1.29, 1.82) is 0 Å². The van der Waals surface area contributed by atoms with Gasteiger partial charge in [0.25, 0.3) is 0 Å². The van der Waals surface area contributed by atoms with Gasteiger partial charge in [0.2, 0.25) is 0 Å². The molecule has 0 fully saturated rings. The third-order valence-corrected chi connectivity index (χ3v) is 9.12. The van der Waals surface area contributed by atoms with Crippen LogP contribution in [0.5, 0.6) is 0 Å². The van der Waals surface area contributed by atoms with Crippen molar-refractivity contribution < 1.29 is 23.1 Å². The Balaban J connectivity index is 1.55. The van der Waals surface area contributed by atoms with Crippen LogP contribution < -0.4 is 0 Å². The van der Waals surface area contributed by atoms with E-state index in [9.17, 15) is 23.1 Å². The molecule has 0 amide bonds. The van der Waals surface area contributed by atoms with E-state index >= 15 is 0 Å². The van der Waals surface area contributed by atoms with Crippen molar-refractivity contribution in [2.75, 3.05) is 0 Å². The highest BCUT2D eigenvalue weighted by molar-refractivity contribution is 6.07. The molecule has 0 spiro atoms. The van der Waals surface area contributed by atoms with Crippen LogP contribution in [0, 0.1) is 6.92 Å². The summed E-state index contributed by atoms with van der Waals surface area (Å²) >= 11 is 0. The molecule has 5 aromatic rings. The van der Waals surface area contributed by atoms with Crippen LogP contribution in [0.2, 0.25) is 0 Å². The van der Waals surface area contributed by atoms with Crippen molar-refractivity contribution in [2.24, 2.45) is 0 Å². The molecule has 44 heavy (non-hydrogen) atoms. The first-order valence-electron chi connectivity index (χ1n) is 14.9. The number of halogens is 3. The van der Waals surface area contributed by atoms with Gasteiger partial charge in [-0.25, -0.2) is 9.48 Å². The van der Waals surface area contributed by atoms with Crippen LogP contribution in [-0.2, 0) is 37.6 Å². The second-order valence-corrected chi connectivity index (χ2v) is 12.0. The van der Waals surface area contributed by atoms with Gasteiger partial charge in [0.15, 0.2) is 0 Å². The Labute approximate surface area is 254 Å². The van der Waals surface area contributed by atoms with Crippen molar-refractivity contribution in [3.8, 4) is 16.9 Å². The lowest BCUT2D eigenvalue weighted by Gasteiger charge is -2.32. The van der Waals surface area contributed by atoms with Crippen molar-refractivity contribution in [3.63, 3.8) is 0 Å². The van der Waals surface area contributed by atoms with Crippen molar-refractivity contribution in [2.45, 2.75) is 72.3 Å². The standard InChI is InChI=1S/C35H35F3N4O2/c1-6-21-9-8-10-22(7-2)30(21)42-31(26-13-14-27(33(43)44)29-25(26)15-16-39-29)28-19-41(34(4,5)32(28)40-42)18-23-11-12-24(17-20(23)3)35(36,37)38/h8-17,39H,6-7,18-19H2,1-5H3,(H,43,44). The van der Waals surface area contributed by atoms with Gasteiger partial charge in [0.1, 0.15) is 0 Å². The smallest absolute Gasteiger partial charge is 0.416 e. The molecule has 3 heterocycles. The summed E-state index contributed by atoms with van der Waals surface area (Å²) < 4.78 is 42.1. The lowest BCUT2D eigenvalue weighted by molar-refractivity contribution is -0.137. The number of aromatic amines is 1. The van der Waals surface area contributed by atoms with Gasteiger partial charge in [0.05, 0.1) is 39.3 Å². The number of carboxylic acid groups (broad SMARTS) is 1. The zero-order valence-electron chi connectivity index (χ0n) is 25.4. The second-order valence-electron chi connectivity index (χ2n) is 12.0. The molecule has 3 aromatic carbocycles. The molecular formula is C35H35F3N4O2. The number of carbonyl (C=O) groups is 1. The number of fused-ring (bicyclic) bond motifs is 2. The average molecular weight is 601 g/mol. The molecule has 0 radical (unpaired) electrons. The van der Waals surface area contributed by atoms with E-state index in [2.05, 4.69) is 55.8 Å². The summed E-state index contributed by atoms with van der Waals surface area (Å²) in [5, 5.41) is 16.0. The quantitative estimate of drug-likeness (QED) is 0.197. The number of carboxylic acids is 1. The summed E-state index contributed by atoms with van der Waals surface area (Å²) in [5.41, 5.74) is 8.03. The van der Waals surface area contributed by atoms with Gasteiger partial charge in [-0.3, -0.25) is 4.90 Å². The molecule has 228 valence electrons. The fraction of sp³-hybridized carbons (Fsp3) is 0.314. The van der Waals surface area contributed by atoms with Gasteiger partial charge < -0.3 is 10.1 Å². The van der Waals surface area contributed by atoms with Crippen LogP contribution in [0.25, 0.3) is 27.8 Å². The number of para-hydroxylation sites is 1. The summed E-state index contributed by atoms with van der Waals surface area (Å²) in [4.78, 5) is 17.4. The van der Waals surface area contributed by atoms with Crippen molar-refractivity contribution in [3.05, 3.63) is 105 Å². The molecule has 6 nitrogen and oxygen atoms in total. The van der Waals surface area contributed by atoms with Gasteiger partial charge in [-0.2, -0.15) is 18.3 Å².